The van der Waals surface area contributed by atoms with Gasteiger partial charge in [0.2, 0.25) is 5.91 Å². The number of amides is 1. The van der Waals surface area contributed by atoms with Crippen LogP contribution in [0, 0.1) is 5.92 Å². The third-order valence-electron chi connectivity index (χ3n) is 5.39. The molecule has 0 unspecified atom stereocenters. The molecule has 7 heteroatoms. The van der Waals surface area contributed by atoms with Crippen molar-refractivity contribution in [3.8, 4) is 5.75 Å². The molecular weight excluding hydrogens is 402 g/mol. The zero-order chi connectivity index (χ0) is 23.2. The number of likely N-dealkylation sites (tertiary alicyclic amines) is 1. The van der Waals surface area contributed by atoms with E-state index in [-0.39, 0.29) is 5.91 Å². The van der Waals surface area contributed by atoms with Crippen LogP contribution in [0.25, 0.3) is 0 Å². The molecule has 1 heterocycles. The minimum Gasteiger partial charge on any atom is -0.493 e. The summed E-state index contributed by atoms with van der Waals surface area (Å²) in [5, 5.41) is 9.90. The molecule has 0 saturated carbocycles. The summed E-state index contributed by atoms with van der Waals surface area (Å²) < 4.78 is 5.75. The molecule has 1 fully saturated rings. The molecule has 180 valence electrons. The number of carbonyl (C=O) groups is 1. The summed E-state index contributed by atoms with van der Waals surface area (Å²) in [5.74, 6) is 2.46. The van der Waals surface area contributed by atoms with Gasteiger partial charge in [-0.2, -0.15) is 0 Å². The molecule has 0 aliphatic carbocycles. The molecule has 1 amide bonds. The monoisotopic (exact) mass is 445 g/mol. The van der Waals surface area contributed by atoms with Crippen molar-refractivity contribution in [2.45, 2.75) is 59.4 Å². The maximum atomic E-state index is 11.9. The molecule has 0 aromatic heterocycles. The Balaban J connectivity index is 1.74. The van der Waals surface area contributed by atoms with Gasteiger partial charge in [0.25, 0.3) is 0 Å². The molecule has 1 aliphatic rings. The van der Waals surface area contributed by atoms with Gasteiger partial charge in [-0.05, 0) is 56.2 Å². The largest absolute Gasteiger partial charge is 0.493 e. The van der Waals surface area contributed by atoms with Crippen molar-refractivity contribution in [3.63, 3.8) is 0 Å². The molecule has 7 nitrogen and oxygen atoms in total. The van der Waals surface area contributed by atoms with E-state index in [2.05, 4.69) is 60.7 Å². The van der Waals surface area contributed by atoms with Crippen LogP contribution in [0.2, 0.25) is 0 Å². The van der Waals surface area contributed by atoms with Crippen molar-refractivity contribution < 1.29 is 9.53 Å². The van der Waals surface area contributed by atoms with Crippen LogP contribution < -0.4 is 20.7 Å². The first-order chi connectivity index (χ1) is 15.5. The number of aliphatic imine (C=N–C) groups is 1. The van der Waals surface area contributed by atoms with Crippen LogP contribution in [-0.4, -0.2) is 68.7 Å². The summed E-state index contributed by atoms with van der Waals surface area (Å²) in [4.78, 5) is 18.9. The van der Waals surface area contributed by atoms with E-state index in [1.54, 1.807) is 0 Å². The highest BCUT2D eigenvalue weighted by Gasteiger charge is 2.21. The Labute approximate surface area is 194 Å². The molecule has 0 spiro atoms. The predicted octanol–water partition coefficient (Wildman–Crippen LogP) is 2.81. The number of ether oxygens (including phenoxy) is 1. The summed E-state index contributed by atoms with van der Waals surface area (Å²) in [6.45, 7) is 13.9. The molecule has 1 saturated heterocycles. The highest BCUT2D eigenvalue weighted by molar-refractivity contribution is 5.80. The average Bonchev–Trinajstić information content (AvgIpc) is 2.78. The number of guanidine groups is 1. The van der Waals surface area contributed by atoms with Crippen LogP contribution >= 0.6 is 0 Å². The second-order valence-electron chi connectivity index (χ2n) is 8.90. The highest BCUT2D eigenvalue weighted by Crippen LogP contribution is 2.14. The van der Waals surface area contributed by atoms with Gasteiger partial charge in [-0.3, -0.25) is 14.7 Å². The Morgan fingerprint density at radius 2 is 1.88 bits per heavy atom. The number of piperidine rings is 1. The SMILES string of the molecule is CCCNC(=O)CN1CCC(NC(=NCCc2ccc(OCC(C)C)cc2)NCC)CC1. The molecule has 32 heavy (non-hydrogen) atoms. The third-order valence-corrected chi connectivity index (χ3v) is 5.39. The highest BCUT2D eigenvalue weighted by atomic mass is 16.5. The third kappa shape index (κ3) is 10.4. The summed E-state index contributed by atoms with van der Waals surface area (Å²) in [6, 6.07) is 8.72. The normalized spacial score (nSPS) is 15.6. The van der Waals surface area contributed by atoms with E-state index in [9.17, 15) is 4.79 Å². The lowest BCUT2D eigenvalue weighted by molar-refractivity contribution is -0.122. The molecule has 0 radical (unpaired) electrons. The first-order valence-electron chi connectivity index (χ1n) is 12.3. The number of benzene rings is 1. The van der Waals surface area contributed by atoms with Gasteiger partial charge in [-0.25, -0.2) is 0 Å². The van der Waals surface area contributed by atoms with Gasteiger partial charge in [-0.15, -0.1) is 0 Å². The zero-order valence-corrected chi connectivity index (χ0v) is 20.5. The van der Waals surface area contributed by atoms with Gasteiger partial charge in [0.05, 0.1) is 13.2 Å². The van der Waals surface area contributed by atoms with E-state index in [4.69, 9.17) is 9.73 Å². The van der Waals surface area contributed by atoms with Crippen molar-refractivity contribution in [1.82, 2.24) is 20.9 Å². The average molecular weight is 446 g/mol. The van der Waals surface area contributed by atoms with Gasteiger partial charge >= 0.3 is 0 Å². The Morgan fingerprint density at radius 3 is 2.50 bits per heavy atom. The number of carbonyl (C=O) groups excluding carboxylic acids is 1. The molecule has 1 aliphatic heterocycles. The second-order valence-corrected chi connectivity index (χ2v) is 8.90. The number of nitrogens with zero attached hydrogens (tertiary/aromatic N) is 2. The van der Waals surface area contributed by atoms with Crippen LogP contribution in [-0.2, 0) is 11.2 Å². The Kier molecular flexibility index (Phi) is 11.9. The quantitative estimate of drug-likeness (QED) is 0.341. The fourth-order valence-corrected chi connectivity index (χ4v) is 3.58. The summed E-state index contributed by atoms with van der Waals surface area (Å²) in [7, 11) is 0. The van der Waals surface area contributed by atoms with Crippen LogP contribution in [0.4, 0.5) is 0 Å². The van der Waals surface area contributed by atoms with Gasteiger partial charge in [0.1, 0.15) is 5.75 Å². The van der Waals surface area contributed by atoms with Gasteiger partial charge in [0.15, 0.2) is 5.96 Å². The van der Waals surface area contributed by atoms with E-state index in [1.165, 1.54) is 5.56 Å². The van der Waals surface area contributed by atoms with Crippen molar-refractivity contribution in [1.29, 1.82) is 0 Å². The second kappa shape index (κ2) is 14.7. The molecular formula is C25H43N5O2. The minimum atomic E-state index is 0.132. The van der Waals surface area contributed by atoms with E-state index in [0.29, 0.717) is 18.5 Å². The fraction of sp³-hybridized carbons (Fsp3) is 0.680. The zero-order valence-electron chi connectivity index (χ0n) is 20.5. The molecule has 0 atom stereocenters. The van der Waals surface area contributed by atoms with Crippen molar-refractivity contribution >= 4 is 11.9 Å². The number of hydrogen-bond acceptors (Lipinski definition) is 4. The number of nitrogens with one attached hydrogen (secondary N) is 3. The summed E-state index contributed by atoms with van der Waals surface area (Å²) >= 11 is 0. The summed E-state index contributed by atoms with van der Waals surface area (Å²) in [6.07, 6.45) is 3.90. The van der Waals surface area contributed by atoms with Gasteiger partial charge in [0, 0.05) is 38.8 Å². The predicted molar refractivity (Wildman–Crippen MR) is 132 cm³/mol. The van der Waals surface area contributed by atoms with Crippen molar-refractivity contribution in [2.24, 2.45) is 10.9 Å². The van der Waals surface area contributed by atoms with Crippen molar-refractivity contribution in [2.75, 3.05) is 45.9 Å². The van der Waals surface area contributed by atoms with E-state index in [1.807, 2.05) is 12.1 Å². The number of hydrogen-bond donors (Lipinski definition) is 3. The Bertz CT molecular complexity index is 682. The lowest BCUT2D eigenvalue weighted by Gasteiger charge is -2.32. The lowest BCUT2D eigenvalue weighted by atomic mass is 10.1. The standard InChI is InChI=1S/C25H43N5O2/c1-5-14-27-24(31)18-30-16-12-22(13-17-30)29-25(26-6-2)28-15-11-21-7-9-23(10-8-21)32-19-20(3)4/h7-10,20,22H,5-6,11-19H2,1-4H3,(H,27,31)(H2,26,28,29). The molecule has 3 N–H and O–H groups in total. The molecule has 1 aromatic rings. The van der Waals surface area contributed by atoms with Crippen LogP contribution in [0.15, 0.2) is 29.3 Å². The van der Waals surface area contributed by atoms with Crippen molar-refractivity contribution in [3.05, 3.63) is 29.8 Å². The number of rotatable bonds is 12. The smallest absolute Gasteiger partial charge is 0.234 e. The minimum absolute atomic E-state index is 0.132. The van der Waals surface area contributed by atoms with Gasteiger partial charge < -0.3 is 20.7 Å². The van der Waals surface area contributed by atoms with Gasteiger partial charge in [-0.1, -0.05) is 32.9 Å². The van der Waals surface area contributed by atoms with E-state index < -0.39 is 0 Å². The maximum Gasteiger partial charge on any atom is 0.234 e. The Morgan fingerprint density at radius 1 is 1.16 bits per heavy atom. The molecule has 2 rings (SSSR count). The maximum absolute atomic E-state index is 11.9. The van der Waals surface area contributed by atoms with Crippen LogP contribution in [0.5, 0.6) is 5.75 Å². The lowest BCUT2D eigenvalue weighted by Crippen LogP contribution is -2.50. The van der Waals surface area contributed by atoms with E-state index >= 15 is 0 Å². The first kappa shape index (κ1) is 26.0. The first-order valence-corrected chi connectivity index (χ1v) is 12.3. The Hall–Kier alpha value is -2.28. The summed E-state index contributed by atoms with van der Waals surface area (Å²) in [5.41, 5.74) is 1.26. The molecule has 1 aromatic carbocycles. The van der Waals surface area contributed by atoms with E-state index in [0.717, 1.165) is 76.7 Å². The topological polar surface area (TPSA) is 78.0 Å². The molecule has 0 bridgehead atoms. The van der Waals surface area contributed by atoms with Crippen LogP contribution in [0.1, 0.15) is 52.5 Å². The van der Waals surface area contributed by atoms with Crippen LogP contribution in [0.3, 0.4) is 0 Å². The fourth-order valence-electron chi connectivity index (χ4n) is 3.58.